The Morgan fingerprint density at radius 2 is 1.64 bits per heavy atom. The molecule has 0 amide bonds. The Kier molecular flexibility index (Phi) is 12.8. The molecule has 88 valence electrons. The third-order valence-electron chi connectivity index (χ3n) is 1.81. The molecule has 1 atom stereocenters. The maximum atomic E-state index is 5.64. The molecule has 0 spiro atoms. The highest BCUT2D eigenvalue weighted by Gasteiger charge is 2.20. The highest BCUT2D eigenvalue weighted by atomic mass is 16.5. The van der Waals surface area contributed by atoms with E-state index in [2.05, 4.69) is 25.8 Å². The summed E-state index contributed by atoms with van der Waals surface area (Å²) in [6.45, 7) is 14.5. The van der Waals surface area contributed by atoms with Crippen molar-refractivity contribution in [1.82, 2.24) is 4.90 Å². The van der Waals surface area contributed by atoms with Crippen molar-refractivity contribution in [3.8, 4) is 0 Å². The number of likely N-dealkylation sites (N-methyl/N-ethyl adjacent to an activating group) is 1. The van der Waals surface area contributed by atoms with Gasteiger partial charge in [0.2, 0.25) is 0 Å². The SMILES string of the molecule is CC.CC.CC(C)OC1CCN(C)C1. The van der Waals surface area contributed by atoms with Crippen LogP contribution in [0.15, 0.2) is 0 Å². The van der Waals surface area contributed by atoms with Crippen LogP contribution in [0, 0.1) is 0 Å². The normalized spacial score (nSPS) is 21.0. The summed E-state index contributed by atoms with van der Waals surface area (Å²) in [5.74, 6) is 0. The summed E-state index contributed by atoms with van der Waals surface area (Å²) in [6, 6.07) is 0. The van der Waals surface area contributed by atoms with Gasteiger partial charge < -0.3 is 9.64 Å². The number of ether oxygens (including phenoxy) is 1. The lowest BCUT2D eigenvalue weighted by atomic mass is 10.3. The van der Waals surface area contributed by atoms with Crippen LogP contribution < -0.4 is 0 Å². The lowest BCUT2D eigenvalue weighted by Gasteiger charge is -2.14. The summed E-state index contributed by atoms with van der Waals surface area (Å²) in [5.41, 5.74) is 0. The number of likely N-dealkylation sites (tertiary alicyclic amines) is 1. The molecule has 0 aliphatic carbocycles. The second-order valence-corrected chi connectivity index (χ2v) is 3.36. The van der Waals surface area contributed by atoms with Crippen LogP contribution in [0.4, 0.5) is 0 Å². The van der Waals surface area contributed by atoms with Crippen LogP contribution in [0.2, 0.25) is 0 Å². The molecular formula is C12H29NO. The first kappa shape index (κ1) is 16.4. The van der Waals surface area contributed by atoms with E-state index >= 15 is 0 Å². The number of nitrogens with zero attached hydrogens (tertiary/aromatic N) is 1. The highest BCUT2D eigenvalue weighted by molar-refractivity contribution is 4.73. The van der Waals surface area contributed by atoms with E-state index in [-0.39, 0.29) is 0 Å². The molecule has 0 aromatic carbocycles. The third-order valence-corrected chi connectivity index (χ3v) is 1.81. The molecule has 1 aliphatic rings. The molecule has 0 N–H and O–H groups in total. The van der Waals surface area contributed by atoms with Gasteiger partial charge in [-0.2, -0.15) is 0 Å². The minimum absolute atomic E-state index is 0.386. The lowest BCUT2D eigenvalue weighted by molar-refractivity contribution is 0.0153. The van der Waals surface area contributed by atoms with Gasteiger partial charge in [-0.1, -0.05) is 27.7 Å². The second kappa shape index (κ2) is 11.0. The third kappa shape index (κ3) is 8.52. The molecule has 14 heavy (non-hydrogen) atoms. The zero-order valence-electron chi connectivity index (χ0n) is 11.1. The van der Waals surface area contributed by atoms with Gasteiger partial charge in [-0.25, -0.2) is 0 Å². The van der Waals surface area contributed by atoms with Crippen molar-refractivity contribution in [2.24, 2.45) is 0 Å². The Labute approximate surface area is 90.6 Å². The lowest BCUT2D eigenvalue weighted by Crippen LogP contribution is -2.21. The van der Waals surface area contributed by atoms with Crippen molar-refractivity contribution in [2.45, 2.75) is 60.2 Å². The quantitative estimate of drug-likeness (QED) is 0.683. The van der Waals surface area contributed by atoms with Crippen LogP contribution in [0.3, 0.4) is 0 Å². The summed E-state index contributed by atoms with van der Waals surface area (Å²) < 4.78 is 5.64. The average Bonchev–Trinajstić information content (AvgIpc) is 2.57. The van der Waals surface area contributed by atoms with Crippen molar-refractivity contribution < 1.29 is 4.74 Å². The fraction of sp³-hybridized carbons (Fsp3) is 1.00. The van der Waals surface area contributed by atoms with E-state index in [1.54, 1.807) is 0 Å². The van der Waals surface area contributed by atoms with Gasteiger partial charge in [-0.05, 0) is 27.3 Å². The standard InChI is InChI=1S/C8H17NO.2C2H6/c1-7(2)10-8-4-5-9(3)6-8;2*1-2/h7-8H,4-6H2,1-3H3;2*1-2H3. The largest absolute Gasteiger partial charge is 0.374 e. The maximum absolute atomic E-state index is 5.64. The van der Waals surface area contributed by atoms with Crippen molar-refractivity contribution in [3.63, 3.8) is 0 Å². The molecule has 0 aromatic rings. The predicted molar refractivity (Wildman–Crippen MR) is 64.8 cm³/mol. The predicted octanol–water partition coefficient (Wildman–Crippen LogP) is 3.17. The average molecular weight is 203 g/mol. The molecule has 0 aromatic heterocycles. The van der Waals surface area contributed by atoms with Crippen molar-refractivity contribution >= 4 is 0 Å². The van der Waals surface area contributed by atoms with Crippen LogP contribution in [-0.2, 0) is 4.74 Å². The van der Waals surface area contributed by atoms with Gasteiger partial charge in [-0.15, -0.1) is 0 Å². The van der Waals surface area contributed by atoms with Gasteiger partial charge in [-0.3, -0.25) is 0 Å². The van der Waals surface area contributed by atoms with E-state index in [4.69, 9.17) is 4.74 Å². The summed E-state index contributed by atoms with van der Waals surface area (Å²) in [4.78, 5) is 2.31. The summed E-state index contributed by atoms with van der Waals surface area (Å²) in [7, 11) is 2.14. The van der Waals surface area contributed by atoms with Crippen LogP contribution >= 0.6 is 0 Å². The monoisotopic (exact) mass is 203 g/mol. The van der Waals surface area contributed by atoms with Crippen molar-refractivity contribution in [3.05, 3.63) is 0 Å². The molecular weight excluding hydrogens is 174 g/mol. The first-order chi connectivity index (χ1) is 6.68. The smallest absolute Gasteiger partial charge is 0.0717 e. The van der Waals surface area contributed by atoms with Gasteiger partial charge in [0.15, 0.2) is 0 Å². The molecule has 0 bridgehead atoms. The maximum Gasteiger partial charge on any atom is 0.0717 e. The fourth-order valence-corrected chi connectivity index (χ4v) is 1.39. The summed E-state index contributed by atoms with van der Waals surface area (Å²) >= 11 is 0. The number of hydrogen-bond acceptors (Lipinski definition) is 2. The van der Waals surface area contributed by atoms with Crippen LogP contribution in [0.5, 0.6) is 0 Å². The van der Waals surface area contributed by atoms with Crippen LogP contribution in [-0.4, -0.2) is 37.2 Å². The molecule has 0 radical (unpaired) electrons. The molecule has 2 heteroatoms. The fourth-order valence-electron chi connectivity index (χ4n) is 1.39. The number of rotatable bonds is 2. The van der Waals surface area contributed by atoms with Crippen LogP contribution in [0.25, 0.3) is 0 Å². The molecule has 1 aliphatic heterocycles. The van der Waals surface area contributed by atoms with Gasteiger partial charge in [0, 0.05) is 13.1 Å². The van der Waals surface area contributed by atoms with Gasteiger partial charge in [0.25, 0.3) is 0 Å². The first-order valence-electron chi connectivity index (χ1n) is 6.02. The second-order valence-electron chi connectivity index (χ2n) is 3.36. The van der Waals surface area contributed by atoms with E-state index in [1.165, 1.54) is 13.0 Å². The summed E-state index contributed by atoms with van der Waals surface area (Å²) in [5, 5.41) is 0. The minimum atomic E-state index is 0.386. The van der Waals surface area contributed by atoms with E-state index in [1.807, 2.05) is 27.7 Å². The van der Waals surface area contributed by atoms with Crippen molar-refractivity contribution in [2.75, 3.05) is 20.1 Å². The number of hydrogen-bond donors (Lipinski definition) is 0. The Bertz CT molecular complexity index is 104. The Morgan fingerprint density at radius 1 is 1.14 bits per heavy atom. The molecule has 2 nitrogen and oxygen atoms in total. The Balaban J connectivity index is 0. The Hall–Kier alpha value is -0.0800. The Morgan fingerprint density at radius 3 is 1.93 bits per heavy atom. The van der Waals surface area contributed by atoms with Crippen molar-refractivity contribution in [1.29, 1.82) is 0 Å². The van der Waals surface area contributed by atoms with E-state index < -0.39 is 0 Å². The molecule has 1 unspecified atom stereocenters. The van der Waals surface area contributed by atoms with Crippen LogP contribution in [0.1, 0.15) is 48.0 Å². The molecule has 1 saturated heterocycles. The summed E-state index contributed by atoms with van der Waals surface area (Å²) in [6.07, 6.45) is 2.08. The highest BCUT2D eigenvalue weighted by Crippen LogP contribution is 2.11. The molecule has 1 fully saturated rings. The minimum Gasteiger partial charge on any atom is -0.374 e. The van der Waals surface area contributed by atoms with E-state index in [9.17, 15) is 0 Å². The van der Waals surface area contributed by atoms with Gasteiger partial charge >= 0.3 is 0 Å². The van der Waals surface area contributed by atoms with Gasteiger partial charge in [0.1, 0.15) is 0 Å². The molecule has 1 rings (SSSR count). The molecule has 0 saturated carbocycles. The first-order valence-corrected chi connectivity index (χ1v) is 6.02. The topological polar surface area (TPSA) is 12.5 Å². The van der Waals surface area contributed by atoms with E-state index in [0.29, 0.717) is 12.2 Å². The zero-order valence-corrected chi connectivity index (χ0v) is 11.1. The molecule has 1 heterocycles. The van der Waals surface area contributed by atoms with E-state index in [0.717, 1.165) is 6.54 Å². The van der Waals surface area contributed by atoms with Gasteiger partial charge in [0.05, 0.1) is 12.2 Å². The zero-order chi connectivity index (χ0) is 11.6.